The summed E-state index contributed by atoms with van der Waals surface area (Å²) in [4.78, 5) is 35.3. The van der Waals surface area contributed by atoms with Crippen LogP contribution < -0.4 is 10.6 Å². The van der Waals surface area contributed by atoms with Gasteiger partial charge < -0.3 is 20.5 Å². The van der Waals surface area contributed by atoms with E-state index in [-0.39, 0.29) is 37.2 Å². The van der Waals surface area contributed by atoms with Crippen LogP contribution in [0.25, 0.3) is 0 Å². The molecular weight excluding hydrogens is 336 g/mol. The van der Waals surface area contributed by atoms with Crippen LogP contribution in [0.15, 0.2) is 30.3 Å². The zero-order valence-corrected chi connectivity index (χ0v) is 15.5. The molecule has 0 fully saturated rings. The summed E-state index contributed by atoms with van der Waals surface area (Å²) in [6, 6.07) is 7.56. The Morgan fingerprint density at radius 3 is 2.31 bits per heavy atom. The third-order valence-corrected chi connectivity index (χ3v) is 3.87. The molecule has 0 aliphatic carbocycles. The first-order valence-corrected chi connectivity index (χ1v) is 8.70. The molecule has 1 aromatic carbocycles. The number of ether oxygens (including phenoxy) is 1. The first kappa shape index (κ1) is 21.6. The summed E-state index contributed by atoms with van der Waals surface area (Å²) in [5.74, 6) is -1.60. The van der Waals surface area contributed by atoms with E-state index in [1.807, 2.05) is 44.2 Å². The maximum Gasteiger partial charge on any atom is 0.326 e. The molecule has 7 heteroatoms. The fourth-order valence-corrected chi connectivity index (χ4v) is 2.53. The van der Waals surface area contributed by atoms with Gasteiger partial charge in [-0.15, -0.1) is 0 Å². The van der Waals surface area contributed by atoms with Gasteiger partial charge in [0.25, 0.3) is 0 Å². The fraction of sp³-hybridized carbons (Fsp3) is 0.526. The van der Waals surface area contributed by atoms with E-state index in [0.29, 0.717) is 6.42 Å². The molecule has 0 radical (unpaired) electrons. The lowest BCUT2D eigenvalue weighted by atomic mass is 10.0. The van der Waals surface area contributed by atoms with Crippen molar-refractivity contribution in [1.82, 2.24) is 10.6 Å². The van der Waals surface area contributed by atoms with E-state index in [1.165, 1.54) is 7.11 Å². The number of methoxy groups -OCH3 is 1. The second kappa shape index (κ2) is 11.3. The highest BCUT2D eigenvalue weighted by atomic mass is 16.5. The summed E-state index contributed by atoms with van der Waals surface area (Å²) in [5.41, 5.74) is 0.833. The van der Waals surface area contributed by atoms with Crippen molar-refractivity contribution in [2.75, 3.05) is 13.7 Å². The van der Waals surface area contributed by atoms with Crippen LogP contribution in [0, 0.1) is 5.92 Å². The molecule has 0 aromatic heterocycles. The Kier molecular flexibility index (Phi) is 9.36. The smallest absolute Gasteiger partial charge is 0.326 e. The summed E-state index contributed by atoms with van der Waals surface area (Å²) < 4.78 is 4.58. The van der Waals surface area contributed by atoms with Crippen molar-refractivity contribution < 1.29 is 24.2 Å². The van der Waals surface area contributed by atoms with Crippen LogP contribution in [0.5, 0.6) is 0 Å². The first-order valence-electron chi connectivity index (χ1n) is 8.70. The van der Waals surface area contributed by atoms with Gasteiger partial charge in [0.05, 0.1) is 19.6 Å². The molecule has 144 valence electrons. The Bertz CT molecular complexity index is 589. The van der Waals surface area contributed by atoms with Crippen molar-refractivity contribution >= 4 is 17.8 Å². The Balaban J connectivity index is 2.70. The highest BCUT2D eigenvalue weighted by molar-refractivity contribution is 5.87. The van der Waals surface area contributed by atoms with Crippen LogP contribution in [0.2, 0.25) is 0 Å². The predicted molar refractivity (Wildman–Crippen MR) is 97.6 cm³/mol. The molecule has 0 bridgehead atoms. The Labute approximate surface area is 154 Å². The van der Waals surface area contributed by atoms with Gasteiger partial charge in [-0.25, -0.2) is 4.79 Å². The summed E-state index contributed by atoms with van der Waals surface area (Å²) in [6.07, 6.45) is 0.883. The third-order valence-electron chi connectivity index (χ3n) is 3.87. The van der Waals surface area contributed by atoms with Gasteiger partial charge in [0, 0.05) is 13.0 Å². The van der Waals surface area contributed by atoms with Crippen LogP contribution in [-0.4, -0.2) is 48.7 Å². The third kappa shape index (κ3) is 8.11. The molecule has 0 saturated heterocycles. The number of nitrogens with one attached hydrogen (secondary N) is 2. The molecule has 3 N–H and O–H groups in total. The lowest BCUT2D eigenvalue weighted by Gasteiger charge is -2.22. The lowest BCUT2D eigenvalue weighted by Crippen LogP contribution is -2.51. The van der Waals surface area contributed by atoms with E-state index in [2.05, 4.69) is 15.4 Å². The number of hydrogen-bond acceptors (Lipinski definition) is 5. The SMILES string of the molecule is COC(=O)CCN[C@@H](CC(C)C)C(=O)N[C@@H](Cc1ccccc1)C(=O)O. The molecule has 1 aromatic rings. The fourth-order valence-electron chi connectivity index (χ4n) is 2.53. The summed E-state index contributed by atoms with van der Waals surface area (Å²) in [6.45, 7) is 4.23. The highest BCUT2D eigenvalue weighted by Crippen LogP contribution is 2.08. The van der Waals surface area contributed by atoms with Gasteiger partial charge in [0.1, 0.15) is 6.04 Å². The van der Waals surface area contributed by atoms with Gasteiger partial charge in [-0.3, -0.25) is 9.59 Å². The number of aliphatic carboxylic acids is 1. The number of carboxylic acids is 1. The molecule has 7 nitrogen and oxygen atoms in total. The Morgan fingerprint density at radius 2 is 1.77 bits per heavy atom. The monoisotopic (exact) mass is 364 g/mol. The molecule has 0 spiro atoms. The molecule has 0 saturated carbocycles. The second-order valence-corrected chi connectivity index (χ2v) is 6.55. The number of hydrogen-bond donors (Lipinski definition) is 3. The molecular formula is C19H28N2O5. The van der Waals surface area contributed by atoms with E-state index in [1.54, 1.807) is 0 Å². The topological polar surface area (TPSA) is 105 Å². The largest absolute Gasteiger partial charge is 0.480 e. The van der Waals surface area contributed by atoms with Gasteiger partial charge in [-0.2, -0.15) is 0 Å². The maximum atomic E-state index is 12.6. The van der Waals surface area contributed by atoms with E-state index >= 15 is 0 Å². The summed E-state index contributed by atoms with van der Waals surface area (Å²) in [5, 5.41) is 15.1. The van der Waals surface area contributed by atoms with Crippen LogP contribution in [0.1, 0.15) is 32.3 Å². The second-order valence-electron chi connectivity index (χ2n) is 6.55. The Morgan fingerprint density at radius 1 is 1.12 bits per heavy atom. The summed E-state index contributed by atoms with van der Waals surface area (Å²) >= 11 is 0. The van der Waals surface area contributed by atoms with Crippen molar-refractivity contribution in [3.05, 3.63) is 35.9 Å². The number of carbonyl (C=O) groups excluding carboxylic acids is 2. The minimum absolute atomic E-state index is 0.144. The van der Waals surface area contributed by atoms with Crippen LogP contribution in [0.4, 0.5) is 0 Å². The number of carbonyl (C=O) groups is 3. The molecule has 0 heterocycles. The van der Waals surface area contributed by atoms with Gasteiger partial charge >= 0.3 is 11.9 Å². The number of benzene rings is 1. The van der Waals surface area contributed by atoms with Gasteiger partial charge in [-0.1, -0.05) is 44.2 Å². The minimum Gasteiger partial charge on any atom is -0.480 e. The predicted octanol–water partition coefficient (Wildman–Crippen LogP) is 1.37. The average Bonchev–Trinajstić information content (AvgIpc) is 2.60. The number of carboxylic acid groups (broad SMARTS) is 1. The average molecular weight is 364 g/mol. The van der Waals surface area contributed by atoms with E-state index < -0.39 is 18.1 Å². The van der Waals surface area contributed by atoms with E-state index in [9.17, 15) is 19.5 Å². The zero-order valence-electron chi connectivity index (χ0n) is 15.5. The molecule has 0 aliphatic rings. The normalized spacial score (nSPS) is 13.1. The van der Waals surface area contributed by atoms with Gasteiger partial charge in [-0.05, 0) is 17.9 Å². The Hall–Kier alpha value is -2.41. The number of rotatable bonds is 11. The number of esters is 1. The standard InChI is InChI=1S/C19H28N2O5/c1-13(2)11-15(20-10-9-17(22)26-3)18(23)21-16(19(24)25)12-14-7-5-4-6-8-14/h4-8,13,15-16,20H,9-12H2,1-3H3,(H,21,23)(H,24,25)/t15-,16-/m0/s1. The van der Waals surface area contributed by atoms with Crippen molar-refractivity contribution in [3.63, 3.8) is 0 Å². The van der Waals surface area contributed by atoms with E-state index in [4.69, 9.17) is 0 Å². The molecule has 2 atom stereocenters. The molecule has 1 rings (SSSR count). The number of amides is 1. The van der Waals surface area contributed by atoms with Crippen molar-refractivity contribution in [2.24, 2.45) is 5.92 Å². The van der Waals surface area contributed by atoms with Crippen LogP contribution in [-0.2, 0) is 25.5 Å². The molecule has 1 amide bonds. The molecule has 0 unspecified atom stereocenters. The molecule has 26 heavy (non-hydrogen) atoms. The van der Waals surface area contributed by atoms with Crippen molar-refractivity contribution in [1.29, 1.82) is 0 Å². The van der Waals surface area contributed by atoms with Crippen molar-refractivity contribution in [2.45, 2.75) is 45.2 Å². The van der Waals surface area contributed by atoms with E-state index in [0.717, 1.165) is 5.56 Å². The lowest BCUT2D eigenvalue weighted by molar-refractivity contribution is -0.142. The van der Waals surface area contributed by atoms with Crippen LogP contribution in [0.3, 0.4) is 0 Å². The van der Waals surface area contributed by atoms with Crippen LogP contribution >= 0.6 is 0 Å². The minimum atomic E-state index is -1.08. The summed E-state index contributed by atoms with van der Waals surface area (Å²) in [7, 11) is 1.31. The van der Waals surface area contributed by atoms with Crippen molar-refractivity contribution in [3.8, 4) is 0 Å². The highest BCUT2D eigenvalue weighted by Gasteiger charge is 2.26. The van der Waals surface area contributed by atoms with Gasteiger partial charge in [0.2, 0.25) is 5.91 Å². The zero-order chi connectivity index (χ0) is 19.5. The van der Waals surface area contributed by atoms with Gasteiger partial charge in [0.15, 0.2) is 0 Å². The quantitative estimate of drug-likeness (QED) is 0.512. The molecule has 0 aliphatic heterocycles. The first-order chi connectivity index (χ1) is 12.3. The maximum absolute atomic E-state index is 12.6.